The molecule has 2 aliphatic carbocycles. The van der Waals surface area contributed by atoms with Crippen molar-refractivity contribution in [3.63, 3.8) is 0 Å². The Hall–Kier alpha value is -7.54. The Labute approximate surface area is 353 Å². The van der Waals surface area contributed by atoms with Gasteiger partial charge in [0, 0.05) is 11.8 Å². The molecule has 282 valence electrons. The molecule has 60 heavy (non-hydrogen) atoms. The van der Waals surface area contributed by atoms with Gasteiger partial charge in [-0.1, -0.05) is 243 Å². The van der Waals surface area contributed by atoms with Gasteiger partial charge in [0.1, 0.15) is 0 Å². The van der Waals surface area contributed by atoms with Crippen LogP contribution in [0.4, 0.5) is 0 Å². The molecule has 0 radical (unpaired) electrons. The molecular weight excluding hydrogens is 721 g/mol. The summed E-state index contributed by atoms with van der Waals surface area (Å²) in [6.45, 7) is 0. The third-order valence-corrected chi connectivity index (χ3v) is 12.5. The van der Waals surface area contributed by atoms with E-state index in [9.17, 15) is 0 Å². The van der Waals surface area contributed by atoms with Gasteiger partial charge in [-0.05, 0) is 100 Å². The lowest BCUT2D eigenvalue weighted by atomic mass is 9.76. The Morgan fingerprint density at radius 1 is 0.200 bits per heavy atom. The first kappa shape index (κ1) is 35.6. The monoisotopic (exact) mass is 762 g/mol. The number of hydrogen-bond acceptors (Lipinski definition) is 0. The lowest BCUT2D eigenvalue weighted by Crippen LogP contribution is -2.10. The van der Waals surface area contributed by atoms with Gasteiger partial charge < -0.3 is 0 Å². The van der Waals surface area contributed by atoms with Crippen LogP contribution in [0.5, 0.6) is 0 Å². The van der Waals surface area contributed by atoms with Gasteiger partial charge in [0.05, 0.1) is 0 Å². The lowest BCUT2D eigenvalue weighted by Gasteiger charge is -2.27. The van der Waals surface area contributed by atoms with Crippen molar-refractivity contribution in [2.45, 2.75) is 11.8 Å². The third kappa shape index (κ3) is 6.00. The summed E-state index contributed by atoms with van der Waals surface area (Å²) in [5, 5.41) is 0. The quantitative estimate of drug-likeness (QED) is 0.145. The molecule has 0 N–H and O–H groups in total. The Kier molecular flexibility index (Phi) is 9.10. The minimum absolute atomic E-state index is 0.0315. The number of fused-ring (bicyclic) bond motifs is 2. The van der Waals surface area contributed by atoms with E-state index in [1.165, 1.54) is 100 Å². The molecule has 9 aromatic rings. The molecule has 0 heterocycles. The molecule has 0 fully saturated rings. The van der Waals surface area contributed by atoms with Crippen molar-refractivity contribution in [2.75, 3.05) is 0 Å². The summed E-state index contributed by atoms with van der Waals surface area (Å²) in [7, 11) is 0. The van der Waals surface area contributed by atoms with Crippen LogP contribution in [0.15, 0.2) is 243 Å². The topological polar surface area (TPSA) is 0 Å². The molecule has 0 nitrogen and oxygen atoms in total. The van der Waals surface area contributed by atoms with Crippen molar-refractivity contribution in [3.8, 4) is 22.3 Å². The second-order valence-corrected chi connectivity index (χ2v) is 15.8. The average Bonchev–Trinajstić information content (AvgIpc) is 3.87. The van der Waals surface area contributed by atoms with Crippen LogP contribution < -0.4 is 0 Å². The van der Waals surface area contributed by atoms with Crippen LogP contribution in [-0.2, 0) is 0 Å². The van der Waals surface area contributed by atoms with E-state index >= 15 is 0 Å². The molecular formula is C60H42. The van der Waals surface area contributed by atoms with Crippen molar-refractivity contribution < 1.29 is 0 Å². The van der Waals surface area contributed by atoms with Crippen LogP contribution in [0.1, 0.15) is 67.5 Å². The first-order valence-electron chi connectivity index (χ1n) is 21.0. The average molecular weight is 763 g/mol. The lowest BCUT2D eigenvalue weighted by molar-refractivity contribution is 0.973. The Morgan fingerprint density at radius 3 is 0.800 bits per heavy atom. The highest BCUT2D eigenvalue weighted by Crippen LogP contribution is 2.60. The molecule has 0 aliphatic heterocycles. The van der Waals surface area contributed by atoms with Gasteiger partial charge in [-0.15, -0.1) is 0 Å². The van der Waals surface area contributed by atoms with Crippen molar-refractivity contribution >= 4 is 22.3 Å². The first-order valence-corrected chi connectivity index (χ1v) is 21.0. The van der Waals surface area contributed by atoms with E-state index in [-0.39, 0.29) is 11.8 Å². The van der Waals surface area contributed by atoms with Crippen LogP contribution in [-0.4, -0.2) is 0 Å². The third-order valence-electron chi connectivity index (χ3n) is 12.5. The van der Waals surface area contributed by atoms with E-state index in [4.69, 9.17) is 0 Å². The Morgan fingerprint density at radius 2 is 0.467 bits per heavy atom. The normalized spacial score (nSPS) is 15.5. The smallest absolute Gasteiger partial charge is 0.0361 e. The summed E-state index contributed by atoms with van der Waals surface area (Å²) in [5.41, 5.74) is 23.2. The molecule has 0 saturated carbocycles. The Bertz CT molecular complexity index is 2820. The number of benzene rings is 9. The van der Waals surface area contributed by atoms with Gasteiger partial charge in [0.25, 0.3) is 0 Å². The minimum atomic E-state index is -0.0315. The van der Waals surface area contributed by atoms with Crippen molar-refractivity contribution in [1.29, 1.82) is 0 Å². The summed E-state index contributed by atoms with van der Waals surface area (Å²) in [6.07, 6.45) is 0. The number of hydrogen-bond donors (Lipinski definition) is 0. The molecule has 0 saturated heterocycles. The maximum atomic E-state index is 2.42. The van der Waals surface area contributed by atoms with Gasteiger partial charge >= 0.3 is 0 Å². The summed E-state index contributed by atoms with van der Waals surface area (Å²) in [5.74, 6) is -0.0629. The molecule has 2 unspecified atom stereocenters. The standard InChI is InChI=1S/C60H42/c1-7-23-41(24-8-1)47-37-21-39-51-57(47)53(43-27-11-3-12-28-43)55(45-31-15-5-16-32-45)59(51)49-35-19-20-36-50(49)60-52-40-22-38-48(42-25-9-2-10-26-42)58(52)54(44-29-13-4-14-30-44)56(60)46-33-17-6-18-34-46/h1-40,59-60H. The fourth-order valence-corrected chi connectivity index (χ4v) is 10.1. The van der Waals surface area contributed by atoms with E-state index in [2.05, 4.69) is 243 Å². The van der Waals surface area contributed by atoms with E-state index in [1.807, 2.05) is 0 Å². The first-order chi connectivity index (χ1) is 29.8. The fraction of sp³-hybridized carbons (Fsp3) is 0.0333. The molecule has 2 atom stereocenters. The molecule has 0 amide bonds. The fourth-order valence-electron chi connectivity index (χ4n) is 10.1. The van der Waals surface area contributed by atoms with E-state index in [0.717, 1.165) is 0 Å². The van der Waals surface area contributed by atoms with Crippen LogP contribution in [0.3, 0.4) is 0 Å². The zero-order valence-corrected chi connectivity index (χ0v) is 33.2. The summed E-state index contributed by atoms with van der Waals surface area (Å²) in [4.78, 5) is 0. The van der Waals surface area contributed by atoms with Crippen LogP contribution in [0.2, 0.25) is 0 Å². The van der Waals surface area contributed by atoms with Crippen LogP contribution in [0.25, 0.3) is 44.5 Å². The maximum Gasteiger partial charge on any atom is 0.0361 e. The van der Waals surface area contributed by atoms with Gasteiger partial charge in [0.15, 0.2) is 0 Å². The maximum absolute atomic E-state index is 2.42. The van der Waals surface area contributed by atoms with E-state index < -0.39 is 0 Å². The van der Waals surface area contributed by atoms with E-state index in [0.29, 0.717) is 0 Å². The molecule has 9 aromatic carbocycles. The molecule has 2 aliphatic rings. The second-order valence-electron chi connectivity index (χ2n) is 15.8. The van der Waals surface area contributed by atoms with Crippen molar-refractivity contribution in [3.05, 3.63) is 298 Å². The number of allylic oxidation sites excluding steroid dienone is 2. The van der Waals surface area contributed by atoms with Crippen LogP contribution in [0, 0.1) is 0 Å². The SMILES string of the molecule is c1ccc(C2=C(c3ccccc3)C(c3ccccc3C3C(c4ccccc4)=C(c4ccccc4)c4c(-c5ccccc5)cccc43)c3cccc(-c4ccccc4)c32)cc1. The predicted molar refractivity (Wildman–Crippen MR) is 251 cm³/mol. The van der Waals surface area contributed by atoms with Gasteiger partial charge in [-0.25, -0.2) is 0 Å². The second kappa shape index (κ2) is 15.3. The van der Waals surface area contributed by atoms with Gasteiger partial charge in [-0.2, -0.15) is 0 Å². The van der Waals surface area contributed by atoms with Crippen LogP contribution >= 0.6 is 0 Å². The zero-order chi connectivity index (χ0) is 39.8. The predicted octanol–water partition coefficient (Wildman–Crippen LogP) is 15.2. The van der Waals surface area contributed by atoms with Gasteiger partial charge in [-0.3, -0.25) is 0 Å². The summed E-state index contributed by atoms with van der Waals surface area (Å²) in [6, 6.07) is 89.5. The molecule has 11 rings (SSSR count). The molecule has 0 aromatic heterocycles. The zero-order valence-electron chi connectivity index (χ0n) is 33.2. The minimum Gasteiger partial charge on any atom is -0.0622 e. The van der Waals surface area contributed by atoms with Crippen molar-refractivity contribution in [2.24, 2.45) is 0 Å². The van der Waals surface area contributed by atoms with E-state index in [1.54, 1.807) is 0 Å². The highest BCUT2D eigenvalue weighted by molar-refractivity contribution is 6.12. The molecule has 0 bridgehead atoms. The largest absolute Gasteiger partial charge is 0.0622 e. The van der Waals surface area contributed by atoms with Gasteiger partial charge in [0.2, 0.25) is 0 Å². The Balaban J connectivity index is 1.24. The number of rotatable bonds is 8. The van der Waals surface area contributed by atoms with Crippen molar-refractivity contribution in [1.82, 2.24) is 0 Å². The summed E-state index contributed by atoms with van der Waals surface area (Å²) >= 11 is 0. The summed E-state index contributed by atoms with van der Waals surface area (Å²) < 4.78 is 0. The molecule has 0 spiro atoms. The highest BCUT2D eigenvalue weighted by Gasteiger charge is 2.41. The highest BCUT2D eigenvalue weighted by atomic mass is 14.4. The molecule has 0 heteroatoms.